The van der Waals surface area contributed by atoms with Crippen molar-refractivity contribution >= 4 is 0 Å². The van der Waals surface area contributed by atoms with Gasteiger partial charge in [-0.1, -0.05) is 29.8 Å². The van der Waals surface area contributed by atoms with Crippen LogP contribution in [0, 0.1) is 0 Å². The highest BCUT2D eigenvalue weighted by molar-refractivity contribution is 5.28. The number of aromatic nitrogens is 3. The van der Waals surface area contributed by atoms with Gasteiger partial charge in [-0.05, 0) is 44.4 Å². The molecule has 0 saturated carbocycles. The predicted octanol–water partition coefficient (Wildman–Crippen LogP) is 2.86. The van der Waals surface area contributed by atoms with Gasteiger partial charge in [0.1, 0.15) is 0 Å². The second kappa shape index (κ2) is 6.48. The number of allylic oxidation sites excluding steroid dienone is 1. The van der Waals surface area contributed by atoms with Crippen molar-refractivity contribution < 1.29 is 0 Å². The Morgan fingerprint density at radius 1 is 1.20 bits per heavy atom. The van der Waals surface area contributed by atoms with Crippen LogP contribution in [0.15, 0.2) is 48.2 Å². The van der Waals surface area contributed by atoms with Crippen LogP contribution < -0.4 is 5.32 Å². The number of nitrogens with one attached hydrogen (secondary N) is 1. The third-order valence-corrected chi connectivity index (χ3v) is 3.59. The number of benzene rings is 1. The molecule has 104 valence electrons. The zero-order chi connectivity index (χ0) is 13.6. The quantitative estimate of drug-likeness (QED) is 0.647. The average Bonchev–Trinajstić information content (AvgIpc) is 3.16. The van der Waals surface area contributed by atoms with Crippen molar-refractivity contribution in [2.24, 2.45) is 0 Å². The maximum atomic E-state index is 4.48. The molecule has 0 unspecified atom stereocenters. The van der Waals surface area contributed by atoms with Gasteiger partial charge in [-0.15, -0.1) is 0 Å². The standard InChI is InChI=1S/C16H20N4/c1-2-8-16(9-3-1)20-18-13-15(19-20)12-17-11-10-14-6-4-5-7-14/h1-3,6,8-9,13,17H,4-5,7,10-12H2. The summed E-state index contributed by atoms with van der Waals surface area (Å²) in [6.45, 7) is 1.80. The second-order valence-electron chi connectivity index (χ2n) is 5.14. The summed E-state index contributed by atoms with van der Waals surface area (Å²) >= 11 is 0. The largest absolute Gasteiger partial charge is 0.311 e. The van der Waals surface area contributed by atoms with Crippen LogP contribution in [0.25, 0.3) is 5.69 Å². The summed E-state index contributed by atoms with van der Waals surface area (Å²) < 4.78 is 0. The van der Waals surface area contributed by atoms with E-state index in [1.54, 1.807) is 10.4 Å². The number of nitrogens with zero attached hydrogens (tertiary/aromatic N) is 3. The fourth-order valence-electron chi connectivity index (χ4n) is 2.49. The Labute approximate surface area is 119 Å². The van der Waals surface area contributed by atoms with Crippen molar-refractivity contribution in [1.82, 2.24) is 20.3 Å². The SMILES string of the molecule is C1=C(CCNCc2cnn(-c3ccccc3)n2)CCC1. The highest BCUT2D eigenvalue weighted by Crippen LogP contribution is 2.19. The lowest BCUT2D eigenvalue weighted by atomic mass is 10.2. The fourth-order valence-corrected chi connectivity index (χ4v) is 2.49. The van der Waals surface area contributed by atoms with Crippen molar-refractivity contribution in [3.63, 3.8) is 0 Å². The summed E-state index contributed by atoms with van der Waals surface area (Å²) in [4.78, 5) is 1.68. The third kappa shape index (κ3) is 3.33. The van der Waals surface area contributed by atoms with Crippen LogP contribution in [0.5, 0.6) is 0 Å². The van der Waals surface area contributed by atoms with Gasteiger partial charge in [0.2, 0.25) is 0 Å². The smallest absolute Gasteiger partial charge is 0.0969 e. The zero-order valence-electron chi connectivity index (χ0n) is 11.6. The Bertz CT molecular complexity index is 571. The first-order valence-corrected chi connectivity index (χ1v) is 7.27. The molecule has 1 N–H and O–H groups in total. The summed E-state index contributed by atoms with van der Waals surface area (Å²) in [7, 11) is 0. The molecule has 3 rings (SSSR count). The van der Waals surface area contributed by atoms with Crippen LogP contribution in [0.4, 0.5) is 0 Å². The van der Waals surface area contributed by atoms with E-state index in [4.69, 9.17) is 0 Å². The first-order chi connectivity index (χ1) is 9.92. The van der Waals surface area contributed by atoms with E-state index in [-0.39, 0.29) is 0 Å². The highest BCUT2D eigenvalue weighted by atomic mass is 15.5. The monoisotopic (exact) mass is 268 g/mol. The minimum absolute atomic E-state index is 0.778. The maximum Gasteiger partial charge on any atom is 0.0969 e. The Morgan fingerprint density at radius 2 is 2.10 bits per heavy atom. The molecular weight excluding hydrogens is 248 g/mol. The second-order valence-corrected chi connectivity index (χ2v) is 5.14. The van der Waals surface area contributed by atoms with Gasteiger partial charge in [0, 0.05) is 6.54 Å². The van der Waals surface area contributed by atoms with Crippen LogP contribution in [-0.2, 0) is 6.54 Å². The van der Waals surface area contributed by atoms with E-state index in [2.05, 4.69) is 21.6 Å². The summed E-state index contributed by atoms with van der Waals surface area (Å²) in [5.41, 5.74) is 3.58. The van der Waals surface area contributed by atoms with Crippen molar-refractivity contribution in [3.8, 4) is 5.69 Å². The van der Waals surface area contributed by atoms with Gasteiger partial charge < -0.3 is 5.32 Å². The Morgan fingerprint density at radius 3 is 2.90 bits per heavy atom. The molecule has 4 nitrogen and oxygen atoms in total. The number of rotatable bonds is 6. The molecule has 1 aliphatic rings. The van der Waals surface area contributed by atoms with E-state index >= 15 is 0 Å². The van der Waals surface area contributed by atoms with Gasteiger partial charge in [0.25, 0.3) is 0 Å². The van der Waals surface area contributed by atoms with Crippen molar-refractivity contribution in [2.75, 3.05) is 6.54 Å². The molecule has 20 heavy (non-hydrogen) atoms. The lowest BCUT2D eigenvalue weighted by Crippen LogP contribution is -2.15. The van der Waals surface area contributed by atoms with Gasteiger partial charge in [-0.3, -0.25) is 0 Å². The van der Waals surface area contributed by atoms with Crippen LogP contribution in [0.2, 0.25) is 0 Å². The molecule has 1 heterocycles. The summed E-state index contributed by atoms with van der Waals surface area (Å²) in [5.74, 6) is 0. The topological polar surface area (TPSA) is 42.7 Å². The summed E-state index contributed by atoms with van der Waals surface area (Å²) in [5, 5.41) is 12.2. The summed E-state index contributed by atoms with van der Waals surface area (Å²) in [6, 6.07) is 9.98. The van der Waals surface area contributed by atoms with Crippen LogP contribution in [-0.4, -0.2) is 21.5 Å². The fraction of sp³-hybridized carbons (Fsp3) is 0.375. The first kappa shape index (κ1) is 13.1. The first-order valence-electron chi connectivity index (χ1n) is 7.27. The van der Waals surface area contributed by atoms with E-state index in [9.17, 15) is 0 Å². The van der Waals surface area contributed by atoms with Crippen LogP contribution in [0.3, 0.4) is 0 Å². The third-order valence-electron chi connectivity index (χ3n) is 3.59. The van der Waals surface area contributed by atoms with Crippen LogP contribution in [0.1, 0.15) is 31.4 Å². The van der Waals surface area contributed by atoms with Crippen molar-refractivity contribution in [1.29, 1.82) is 0 Å². The highest BCUT2D eigenvalue weighted by Gasteiger charge is 2.05. The van der Waals surface area contributed by atoms with E-state index in [1.165, 1.54) is 19.3 Å². The Hall–Kier alpha value is -1.94. The lowest BCUT2D eigenvalue weighted by Gasteiger charge is -2.03. The molecule has 0 atom stereocenters. The van der Waals surface area contributed by atoms with E-state index in [1.807, 2.05) is 36.5 Å². The lowest BCUT2D eigenvalue weighted by molar-refractivity contribution is 0.652. The molecule has 1 aromatic carbocycles. The zero-order valence-corrected chi connectivity index (χ0v) is 11.6. The van der Waals surface area contributed by atoms with E-state index < -0.39 is 0 Å². The molecule has 1 aliphatic carbocycles. The van der Waals surface area contributed by atoms with E-state index in [0.29, 0.717) is 0 Å². The van der Waals surface area contributed by atoms with Crippen molar-refractivity contribution in [3.05, 3.63) is 53.9 Å². The molecule has 0 aliphatic heterocycles. The molecule has 1 aromatic heterocycles. The molecule has 0 radical (unpaired) electrons. The minimum Gasteiger partial charge on any atom is -0.311 e. The normalized spacial score (nSPS) is 14.5. The number of hydrogen-bond acceptors (Lipinski definition) is 3. The van der Waals surface area contributed by atoms with Crippen LogP contribution >= 0.6 is 0 Å². The average molecular weight is 268 g/mol. The minimum atomic E-state index is 0.778. The van der Waals surface area contributed by atoms with Gasteiger partial charge >= 0.3 is 0 Å². The number of hydrogen-bond donors (Lipinski definition) is 1. The Kier molecular flexibility index (Phi) is 4.23. The maximum absolute atomic E-state index is 4.48. The van der Waals surface area contributed by atoms with Crippen molar-refractivity contribution in [2.45, 2.75) is 32.2 Å². The Balaban J connectivity index is 1.48. The molecule has 4 heteroatoms. The van der Waals surface area contributed by atoms with Gasteiger partial charge in [0.15, 0.2) is 0 Å². The molecule has 2 aromatic rings. The predicted molar refractivity (Wildman–Crippen MR) is 79.6 cm³/mol. The summed E-state index contributed by atoms with van der Waals surface area (Å²) in [6.07, 6.45) is 9.25. The molecule has 0 spiro atoms. The molecule has 0 bridgehead atoms. The van der Waals surface area contributed by atoms with E-state index in [0.717, 1.165) is 30.9 Å². The molecule has 0 amide bonds. The van der Waals surface area contributed by atoms with Gasteiger partial charge in [-0.2, -0.15) is 15.0 Å². The molecular formula is C16H20N4. The molecule has 0 saturated heterocycles. The van der Waals surface area contributed by atoms with Gasteiger partial charge in [0.05, 0.1) is 17.6 Å². The van der Waals surface area contributed by atoms with Gasteiger partial charge in [-0.25, -0.2) is 0 Å². The number of para-hydroxylation sites is 1. The molecule has 0 fully saturated rings.